The fourth-order valence-electron chi connectivity index (χ4n) is 1.99. The van der Waals surface area contributed by atoms with E-state index in [2.05, 4.69) is 15.8 Å². The van der Waals surface area contributed by atoms with Gasteiger partial charge in [0.1, 0.15) is 0 Å². The van der Waals surface area contributed by atoms with Crippen LogP contribution in [0, 0.1) is 10.1 Å². The Morgan fingerprint density at radius 1 is 1.08 bits per heavy atom. The molecular weight excluding hydrogens is 324 g/mol. The first-order chi connectivity index (χ1) is 12.0. The number of non-ortho nitro benzene ring substituents is 1. The van der Waals surface area contributed by atoms with Crippen LogP contribution in [0.4, 0.5) is 5.69 Å². The molecule has 2 aromatic rings. The van der Waals surface area contributed by atoms with Gasteiger partial charge in [-0.25, -0.2) is 5.43 Å². The van der Waals surface area contributed by atoms with E-state index >= 15 is 0 Å². The van der Waals surface area contributed by atoms with Crippen LogP contribution in [0.15, 0.2) is 59.7 Å². The number of rotatable bonds is 5. The van der Waals surface area contributed by atoms with Crippen molar-refractivity contribution < 1.29 is 14.5 Å². The summed E-state index contributed by atoms with van der Waals surface area (Å²) in [7, 11) is 0. The number of benzene rings is 2. The molecule has 0 radical (unpaired) electrons. The van der Waals surface area contributed by atoms with Gasteiger partial charge in [-0.1, -0.05) is 30.3 Å². The summed E-state index contributed by atoms with van der Waals surface area (Å²) in [6.45, 7) is 1.76. The van der Waals surface area contributed by atoms with E-state index in [0.717, 1.165) is 5.56 Å². The molecule has 0 fully saturated rings. The summed E-state index contributed by atoms with van der Waals surface area (Å²) < 4.78 is 0. The van der Waals surface area contributed by atoms with Gasteiger partial charge in [0, 0.05) is 12.1 Å². The lowest BCUT2D eigenvalue weighted by atomic mass is 10.1. The van der Waals surface area contributed by atoms with Gasteiger partial charge in [-0.05, 0) is 30.2 Å². The predicted octanol–water partition coefficient (Wildman–Crippen LogP) is 1.92. The Labute approximate surface area is 143 Å². The first kappa shape index (κ1) is 17.8. The minimum atomic E-state index is -0.902. The van der Waals surface area contributed by atoms with Crippen LogP contribution in [0.5, 0.6) is 0 Å². The van der Waals surface area contributed by atoms with Crippen molar-refractivity contribution in [1.29, 1.82) is 0 Å². The van der Waals surface area contributed by atoms with E-state index in [1.807, 2.05) is 30.3 Å². The molecule has 0 aromatic heterocycles. The van der Waals surface area contributed by atoms with E-state index in [1.54, 1.807) is 6.92 Å². The van der Waals surface area contributed by atoms with Crippen molar-refractivity contribution in [2.24, 2.45) is 5.10 Å². The monoisotopic (exact) mass is 340 g/mol. The number of hydrogen-bond donors (Lipinski definition) is 2. The van der Waals surface area contributed by atoms with Gasteiger partial charge in [-0.2, -0.15) is 5.10 Å². The third-order valence-electron chi connectivity index (χ3n) is 3.34. The van der Waals surface area contributed by atoms with Crippen LogP contribution in [0.2, 0.25) is 0 Å². The molecular formula is C17H16N4O4. The number of nitrogens with one attached hydrogen (secondary N) is 2. The highest BCUT2D eigenvalue weighted by Gasteiger charge is 2.16. The molecule has 0 aliphatic heterocycles. The number of amides is 2. The molecule has 0 spiro atoms. The highest BCUT2D eigenvalue weighted by Crippen LogP contribution is 2.11. The van der Waals surface area contributed by atoms with E-state index in [-0.39, 0.29) is 11.7 Å². The Morgan fingerprint density at radius 3 is 2.32 bits per heavy atom. The van der Waals surface area contributed by atoms with Gasteiger partial charge >= 0.3 is 11.8 Å². The van der Waals surface area contributed by atoms with Gasteiger partial charge in [0.05, 0.1) is 17.2 Å². The standard InChI is InChI=1S/C17H16N4O4/c1-12(14-5-3-2-4-6-14)19-16(22)17(23)20-18-11-13-7-9-15(10-8-13)21(24)25/h2-12H,1H3,(H,19,22)(H,20,23)/t12-/m0/s1. The van der Waals surface area contributed by atoms with Crippen molar-refractivity contribution in [2.45, 2.75) is 13.0 Å². The summed E-state index contributed by atoms with van der Waals surface area (Å²) >= 11 is 0. The zero-order valence-corrected chi connectivity index (χ0v) is 13.4. The Balaban J connectivity index is 1.86. The largest absolute Gasteiger partial charge is 0.341 e. The van der Waals surface area contributed by atoms with Crippen LogP contribution in [0.1, 0.15) is 24.1 Å². The van der Waals surface area contributed by atoms with E-state index in [9.17, 15) is 19.7 Å². The van der Waals surface area contributed by atoms with Gasteiger partial charge in [-0.15, -0.1) is 0 Å². The van der Waals surface area contributed by atoms with Crippen molar-refractivity contribution in [3.8, 4) is 0 Å². The molecule has 0 saturated heterocycles. The molecule has 2 aromatic carbocycles. The van der Waals surface area contributed by atoms with Crippen molar-refractivity contribution in [3.63, 3.8) is 0 Å². The molecule has 128 valence electrons. The maximum atomic E-state index is 11.8. The Kier molecular flexibility index (Phi) is 5.94. The summed E-state index contributed by atoms with van der Waals surface area (Å²) in [6, 6.07) is 14.5. The normalized spacial score (nSPS) is 11.7. The highest BCUT2D eigenvalue weighted by atomic mass is 16.6. The first-order valence-electron chi connectivity index (χ1n) is 7.40. The number of hydrazone groups is 1. The summed E-state index contributed by atoms with van der Waals surface area (Å²) in [4.78, 5) is 33.6. The number of nitro benzene ring substituents is 1. The van der Waals surface area contributed by atoms with Gasteiger partial charge in [0.15, 0.2) is 0 Å². The van der Waals surface area contributed by atoms with E-state index in [1.165, 1.54) is 30.5 Å². The number of nitrogens with zero attached hydrogens (tertiary/aromatic N) is 2. The molecule has 0 saturated carbocycles. The topological polar surface area (TPSA) is 114 Å². The molecule has 25 heavy (non-hydrogen) atoms. The smallest absolute Gasteiger partial charge is 0.329 e. The van der Waals surface area contributed by atoms with Crippen LogP contribution in [-0.2, 0) is 9.59 Å². The lowest BCUT2D eigenvalue weighted by Crippen LogP contribution is -2.39. The average molecular weight is 340 g/mol. The average Bonchev–Trinajstić information content (AvgIpc) is 2.62. The number of nitro groups is 1. The fraction of sp³-hybridized carbons (Fsp3) is 0.118. The molecule has 0 unspecified atom stereocenters. The molecule has 8 nitrogen and oxygen atoms in total. The lowest BCUT2D eigenvalue weighted by Gasteiger charge is -2.13. The summed E-state index contributed by atoms with van der Waals surface area (Å²) in [5.41, 5.74) is 3.48. The van der Waals surface area contributed by atoms with E-state index in [4.69, 9.17) is 0 Å². The molecule has 0 heterocycles. The Hall–Kier alpha value is -3.55. The summed E-state index contributed by atoms with van der Waals surface area (Å²) in [5, 5.41) is 16.8. The molecule has 8 heteroatoms. The van der Waals surface area contributed by atoms with Crippen molar-refractivity contribution in [2.75, 3.05) is 0 Å². The van der Waals surface area contributed by atoms with Crippen LogP contribution in [-0.4, -0.2) is 23.0 Å². The molecule has 0 aliphatic carbocycles. The number of hydrogen-bond acceptors (Lipinski definition) is 5. The van der Waals surface area contributed by atoms with Crippen LogP contribution in [0.3, 0.4) is 0 Å². The van der Waals surface area contributed by atoms with Gasteiger partial charge in [-0.3, -0.25) is 19.7 Å². The van der Waals surface area contributed by atoms with E-state index in [0.29, 0.717) is 5.56 Å². The van der Waals surface area contributed by atoms with E-state index < -0.39 is 16.7 Å². The minimum Gasteiger partial charge on any atom is -0.341 e. The van der Waals surface area contributed by atoms with Crippen LogP contribution in [0.25, 0.3) is 0 Å². The number of carbonyl (C=O) groups is 2. The SMILES string of the molecule is C[C@H](NC(=O)C(=O)NN=Cc1ccc([N+](=O)[O-])cc1)c1ccccc1. The highest BCUT2D eigenvalue weighted by molar-refractivity contribution is 6.35. The van der Waals surface area contributed by atoms with Crippen molar-refractivity contribution in [3.05, 3.63) is 75.8 Å². The number of carbonyl (C=O) groups excluding carboxylic acids is 2. The zero-order chi connectivity index (χ0) is 18.2. The molecule has 2 amide bonds. The minimum absolute atomic E-state index is 0.0459. The molecule has 2 N–H and O–H groups in total. The molecule has 1 atom stereocenters. The van der Waals surface area contributed by atoms with Gasteiger partial charge in [0.25, 0.3) is 5.69 Å². The maximum Gasteiger partial charge on any atom is 0.329 e. The zero-order valence-electron chi connectivity index (χ0n) is 13.4. The van der Waals surface area contributed by atoms with Crippen molar-refractivity contribution >= 4 is 23.7 Å². The van der Waals surface area contributed by atoms with Crippen LogP contribution >= 0.6 is 0 Å². The quantitative estimate of drug-likeness (QED) is 0.374. The fourth-order valence-corrected chi connectivity index (χ4v) is 1.99. The second-order valence-corrected chi connectivity index (χ2v) is 5.15. The predicted molar refractivity (Wildman–Crippen MR) is 91.8 cm³/mol. The molecule has 0 bridgehead atoms. The second kappa shape index (κ2) is 8.34. The first-order valence-corrected chi connectivity index (χ1v) is 7.40. The van der Waals surface area contributed by atoms with Crippen LogP contribution < -0.4 is 10.7 Å². The molecule has 2 rings (SSSR count). The maximum absolute atomic E-state index is 11.8. The Bertz CT molecular complexity index is 788. The third-order valence-corrected chi connectivity index (χ3v) is 3.34. The summed E-state index contributed by atoms with van der Waals surface area (Å²) in [5.74, 6) is -1.71. The third kappa shape index (κ3) is 5.24. The Morgan fingerprint density at radius 2 is 1.72 bits per heavy atom. The lowest BCUT2D eigenvalue weighted by molar-refractivity contribution is -0.384. The second-order valence-electron chi connectivity index (χ2n) is 5.15. The van der Waals surface area contributed by atoms with Crippen molar-refractivity contribution in [1.82, 2.24) is 10.7 Å². The summed E-state index contributed by atoms with van der Waals surface area (Å²) in [6.07, 6.45) is 1.29. The molecule has 0 aliphatic rings. The van der Waals surface area contributed by atoms with Gasteiger partial charge in [0.2, 0.25) is 0 Å². The van der Waals surface area contributed by atoms with Gasteiger partial charge < -0.3 is 5.32 Å².